The van der Waals surface area contributed by atoms with E-state index >= 15 is 0 Å². The minimum Gasteiger partial charge on any atom is -0.330 e. The summed E-state index contributed by atoms with van der Waals surface area (Å²) in [6, 6.07) is 3.57. The number of hydrogen-bond donors (Lipinski definition) is 0. The first-order valence-electron chi connectivity index (χ1n) is 10.6. The number of pyridine rings is 1. The molecule has 1 aliphatic heterocycles. The molecule has 12 heteroatoms. The van der Waals surface area contributed by atoms with Crippen molar-refractivity contribution in [1.29, 1.82) is 0 Å². The van der Waals surface area contributed by atoms with E-state index in [2.05, 4.69) is 4.98 Å². The second-order valence-electron chi connectivity index (χ2n) is 8.47. The van der Waals surface area contributed by atoms with E-state index in [1.807, 2.05) is 0 Å². The minimum atomic E-state index is -4.99. The van der Waals surface area contributed by atoms with E-state index in [1.54, 1.807) is 20.0 Å². The molecule has 35 heavy (non-hydrogen) atoms. The van der Waals surface area contributed by atoms with Crippen molar-refractivity contribution in [1.82, 2.24) is 19.0 Å². The predicted octanol–water partition coefficient (Wildman–Crippen LogP) is 4.81. The number of aromatic nitrogens is 3. The van der Waals surface area contributed by atoms with Crippen LogP contribution in [-0.4, -0.2) is 31.0 Å². The van der Waals surface area contributed by atoms with Gasteiger partial charge in [0.1, 0.15) is 11.4 Å². The number of rotatable bonds is 3. The quantitative estimate of drug-likeness (QED) is 0.487. The van der Waals surface area contributed by atoms with E-state index in [9.17, 15) is 35.9 Å². The molecular weight excluding hydrogens is 478 g/mol. The SMILES string of the molecule is Cc1cn(-c2ccc3n(c2=O)CCC(C)N(Cc2cc(C(F)(F)F)cc(C(F)(F)F)c2)C3=O)cn1. The molecule has 6 nitrogen and oxygen atoms in total. The Balaban J connectivity index is 1.73. The zero-order chi connectivity index (χ0) is 25.7. The topological polar surface area (TPSA) is 60.1 Å². The molecule has 0 radical (unpaired) electrons. The number of alkyl halides is 6. The fourth-order valence-corrected chi connectivity index (χ4v) is 4.08. The van der Waals surface area contributed by atoms with Gasteiger partial charge >= 0.3 is 12.4 Å². The molecule has 1 atom stereocenters. The largest absolute Gasteiger partial charge is 0.416 e. The normalized spacial score (nSPS) is 16.9. The standard InChI is InChI=1S/C23H20F6N4O2/c1-13-10-31(12-30-13)18-3-4-19-21(35)33(14(2)5-6-32(19)20(18)34)11-15-7-16(22(24,25)26)9-17(8-15)23(27,28)29/h3-4,7-10,12,14H,5-6,11H2,1-2H3. The van der Waals surface area contributed by atoms with E-state index in [0.717, 1.165) is 0 Å². The van der Waals surface area contributed by atoms with E-state index in [0.29, 0.717) is 17.8 Å². The van der Waals surface area contributed by atoms with Crippen molar-refractivity contribution in [2.75, 3.05) is 0 Å². The van der Waals surface area contributed by atoms with Gasteiger partial charge in [0.15, 0.2) is 0 Å². The molecule has 1 amide bonds. The number of aryl methyl sites for hydroxylation is 1. The van der Waals surface area contributed by atoms with Crippen molar-refractivity contribution >= 4 is 5.91 Å². The van der Waals surface area contributed by atoms with Crippen LogP contribution in [0.3, 0.4) is 0 Å². The molecule has 0 N–H and O–H groups in total. The Labute approximate surface area is 195 Å². The first-order chi connectivity index (χ1) is 16.3. The number of halogens is 6. The second kappa shape index (κ2) is 8.58. The number of carbonyl (C=O) groups is 1. The molecule has 0 saturated heterocycles. The molecule has 4 rings (SSSR count). The van der Waals surface area contributed by atoms with Crippen molar-refractivity contribution in [3.63, 3.8) is 0 Å². The molecule has 1 unspecified atom stereocenters. The molecule has 0 bridgehead atoms. The highest BCUT2D eigenvalue weighted by atomic mass is 19.4. The lowest BCUT2D eigenvalue weighted by molar-refractivity contribution is -0.143. The number of fused-ring (bicyclic) bond motifs is 1. The third-order valence-corrected chi connectivity index (χ3v) is 5.93. The molecule has 3 heterocycles. The number of benzene rings is 1. The van der Waals surface area contributed by atoms with E-state index in [1.165, 1.54) is 32.5 Å². The van der Waals surface area contributed by atoms with E-state index in [-0.39, 0.29) is 36.0 Å². The second-order valence-corrected chi connectivity index (χ2v) is 8.47. The summed E-state index contributed by atoms with van der Waals surface area (Å²) in [6.07, 6.45) is -6.61. The predicted molar refractivity (Wildman–Crippen MR) is 113 cm³/mol. The van der Waals surface area contributed by atoms with Gasteiger partial charge in [0.05, 0.1) is 23.1 Å². The summed E-state index contributed by atoms with van der Waals surface area (Å²) < 4.78 is 82.4. The highest BCUT2D eigenvalue weighted by Gasteiger charge is 2.37. The number of hydrogen-bond acceptors (Lipinski definition) is 3. The van der Waals surface area contributed by atoms with Crippen molar-refractivity contribution in [2.45, 2.75) is 51.8 Å². The van der Waals surface area contributed by atoms with Gasteiger partial charge in [0.25, 0.3) is 11.5 Å². The van der Waals surface area contributed by atoms with Gasteiger partial charge in [0, 0.05) is 25.3 Å². The molecule has 1 aliphatic rings. The van der Waals surface area contributed by atoms with Crippen LogP contribution in [0.1, 0.15) is 46.2 Å². The third-order valence-electron chi connectivity index (χ3n) is 5.93. The lowest BCUT2D eigenvalue weighted by Gasteiger charge is -2.28. The summed E-state index contributed by atoms with van der Waals surface area (Å²) in [6.45, 7) is 3.05. The number of nitrogens with zero attached hydrogens (tertiary/aromatic N) is 4. The molecule has 0 fully saturated rings. The number of carbonyl (C=O) groups excluding carboxylic acids is 1. The Morgan fingerprint density at radius 1 is 1.00 bits per heavy atom. The highest BCUT2D eigenvalue weighted by molar-refractivity contribution is 5.93. The molecule has 0 aliphatic carbocycles. The lowest BCUT2D eigenvalue weighted by atomic mass is 10.0. The molecular formula is C23H20F6N4O2. The molecule has 3 aromatic rings. The van der Waals surface area contributed by atoms with Gasteiger partial charge < -0.3 is 14.0 Å². The fraction of sp³-hybridized carbons (Fsp3) is 0.348. The lowest BCUT2D eigenvalue weighted by Crippen LogP contribution is -2.38. The Morgan fingerprint density at radius 3 is 2.17 bits per heavy atom. The molecule has 186 valence electrons. The monoisotopic (exact) mass is 498 g/mol. The first kappa shape index (κ1) is 24.6. The molecule has 0 saturated carbocycles. The minimum absolute atomic E-state index is 0.00274. The molecule has 2 aromatic heterocycles. The van der Waals surface area contributed by atoms with Crippen LogP contribution in [0.5, 0.6) is 0 Å². The third kappa shape index (κ3) is 4.82. The smallest absolute Gasteiger partial charge is 0.330 e. The van der Waals surface area contributed by atoms with Crippen molar-refractivity contribution < 1.29 is 31.1 Å². The van der Waals surface area contributed by atoms with Crippen LogP contribution in [0.4, 0.5) is 26.3 Å². The van der Waals surface area contributed by atoms with Gasteiger partial charge in [-0.15, -0.1) is 0 Å². The summed E-state index contributed by atoms with van der Waals surface area (Å²) in [4.78, 5) is 31.7. The van der Waals surface area contributed by atoms with Crippen LogP contribution in [0, 0.1) is 6.92 Å². The maximum atomic E-state index is 13.3. The number of amides is 1. The van der Waals surface area contributed by atoms with Crippen LogP contribution in [0.15, 0.2) is 47.7 Å². The first-order valence-corrected chi connectivity index (χ1v) is 10.6. The zero-order valence-corrected chi connectivity index (χ0v) is 18.6. The van der Waals surface area contributed by atoms with Crippen LogP contribution in [-0.2, 0) is 25.4 Å². The van der Waals surface area contributed by atoms with Crippen molar-refractivity contribution in [2.24, 2.45) is 0 Å². The Kier molecular flexibility index (Phi) is 6.02. The average molecular weight is 498 g/mol. The Hall–Kier alpha value is -3.57. The van der Waals surface area contributed by atoms with Gasteiger partial charge in [-0.05, 0) is 56.2 Å². The summed E-state index contributed by atoms with van der Waals surface area (Å²) >= 11 is 0. The Morgan fingerprint density at radius 2 is 1.63 bits per heavy atom. The van der Waals surface area contributed by atoms with Crippen molar-refractivity contribution in [3.05, 3.63) is 81.3 Å². The number of imidazole rings is 1. The van der Waals surface area contributed by atoms with Gasteiger partial charge in [-0.1, -0.05) is 0 Å². The van der Waals surface area contributed by atoms with E-state index < -0.39 is 47.5 Å². The molecule has 1 aromatic carbocycles. The summed E-state index contributed by atoms with van der Waals surface area (Å²) in [7, 11) is 0. The summed E-state index contributed by atoms with van der Waals surface area (Å²) in [5.41, 5.74) is -2.73. The van der Waals surface area contributed by atoms with Gasteiger partial charge in [-0.3, -0.25) is 9.59 Å². The van der Waals surface area contributed by atoms with Crippen LogP contribution < -0.4 is 5.56 Å². The van der Waals surface area contributed by atoms with Gasteiger partial charge in [-0.2, -0.15) is 26.3 Å². The maximum absolute atomic E-state index is 13.3. The Bertz CT molecular complexity index is 1310. The highest BCUT2D eigenvalue weighted by Crippen LogP contribution is 2.37. The van der Waals surface area contributed by atoms with Crippen LogP contribution in [0.2, 0.25) is 0 Å². The van der Waals surface area contributed by atoms with E-state index in [4.69, 9.17) is 0 Å². The fourth-order valence-electron chi connectivity index (χ4n) is 4.08. The van der Waals surface area contributed by atoms with Crippen LogP contribution >= 0.6 is 0 Å². The van der Waals surface area contributed by atoms with Gasteiger partial charge in [-0.25, -0.2) is 4.98 Å². The zero-order valence-electron chi connectivity index (χ0n) is 18.6. The van der Waals surface area contributed by atoms with Crippen molar-refractivity contribution in [3.8, 4) is 5.69 Å². The maximum Gasteiger partial charge on any atom is 0.416 e. The van der Waals surface area contributed by atoms with Crippen LogP contribution in [0.25, 0.3) is 5.69 Å². The molecule has 0 spiro atoms. The summed E-state index contributed by atoms with van der Waals surface area (Å²) in [5.74, 6) is -0.661. The summed E-state index contributed by atoms with van der Waals surface area (Å²) in [5, 5.41) is 0. The average Bonchev–Trinajstić information content (AvgIpc) is 3.15. The van der Waals surface area contributed by atoms with Gasteiger partial charge in [0.2, 0.25) is 0 Å².